The standard InChI is InChI=1S/C15H19N3O2/c1-10-17-14(18-20-10)9-16-8-11-4-5-13-12(6-11)7-15(2,3)19-13/h4-6,16H,7-9H2,1-3H3. The van der Waals surface area contributed by atoms with Crippen LogP contribution in [0.4, 0.5) is 0 Å². The van der Waals surface area contributed by atoms with Crippen LogP contribution in [0.2, 0.25) is 0 Å². The van der Waals surface area contributed by atoms with Gasteiger partial charge in [0.25, 0.3) is 0 Å². The molecule has 5 heteroatoms. The van der Waals surface area contributed by atoms with Crippen LogP contribution in [-0.4, -0.2) is 15.7 Å². The molecule has 1 aromatic heterocycles. The van der Waals surface area contributed by atoms with E-state index in [1.807, 2.05) is 0 Å². The molecule has 0 atom stereocenters. The summed E-state index contributed by atoms with van der Waals surface area (Å²) in [4.78, 5) is 4.16. The van der Waals surface area contributed by atoms with Crippen LogP contribution in [0.3, 0.4) is 0 Å². The van der Waals surface area contributed by atoms with Crippen molar-refractivity contribution in [2.24, 2.45) is 0 Å². The molecule has 1 aliphatic heterocycles. The predicted molar refractivity (Wildman–Crippen MR) is 74.4 cm³/mol. The SMILES string of the molecule is Cc1nc(CNCc2ccc3c(c2)CC(C)(C)O3)no1. The van der Waals surface area contributed by atoms with Crippen molar-refractivity contribution in [3.63, 3.8) is 0 Å². The topological polar surface area (TPSA) is 60.2 Å². The maximum atomic E-state index is 5.87. The van der Waals surface area contributed by atoms with Crippen LogP contribution < -0.4 is 10.1 Å². The highest BCUT2D eigenvalue weighted by Crippen LogP contribution is 2.35. The quantitative estimate of drug-likeness (QED) is 0.926. The van der Waals surface area contributed by atoms with Gasteiger partial charge in [0.15, 0.2) is 5.82 Å². The Morgan fingerprint density at radius 1 is 1.30 bits per heavy atom. The zero-order valence-corrected chi connectivity index (χ0v) is 12.1. The number of benzene rings is 1. The van der Waals surface area contributed by atoms with E-state index in [9.17, 15) is 0 Å². The maximum Gasteiger partial charge on any atom is 0.223 e. The predicted octanol–water partition coefficient (Wildman–Crippen LogP) is 2.38. The van der Waals surface area contributed by atoms with E-state index in [4.69, 9.17) is 9.26 Å². The fourth-order valence-corrected chi connectivity index (χ4v) is 2.50. The van der Waals surface area contributed by atoms with Crippen molar-refractivity contribution in [1.29, 1.82) is 0 Å². The Morgan fingerprint density at radius 3 is 2.90 bits per heavy atom. The van der Waals surface area contributed by atoms with Gasteiger partial charge in [-0.3, -0.25) is 0 Å². The normalized spacial score (nSPS) is 15.9. The second-order valence-corrected chi connectivity index (χ2v) is 5.81. The van der Waals surface area contributed by atoms with Crippen molar-refractivity contribution >= 4 is 0 Å². The van der Waals surface area contributed by atoms with Gasteiger partial charge in [-0.15, -0.1) is 0 Å². The summed E-state index contributed by atoms with van der Waals surface area (Å²) in [5, 5.41) is 7.17. The zero-order chi connectivity index (χ0) is 14.2. The molecule has 0 fully saturated rings. The van der Waals surface area contributed by atoms with Gasteiger partial charge in [-0.2, -0.15) is 4.98 Å². The van der Waals surface area contributed by atoms with E-state index < -0.39 is 0 Å². The van der Waals surface area contributed by atoms with Gasteiger partial charge in [0.05, 0.1) is 6.54 Å². The summed E-state index contributed by atoms with van der Waals surface area (Å²) < 4.78 is 10.8. The van der Waals surface area contributed by atoms with Crippen molar-refractivity contribution in [3.8, 4) is 5.75 Å². The van der Waals surface area contributed by atoms with E-state index in [2.05, 4.69) is 47.5 Å². The van der Waals surface area contributed by atoms with Crippen molar-refractivity contribution in [3.05, 3.63) is 41.0 Å². The van der Waals surface area contributed by atoms with Crippen LogP contribution in [0.25, 0.3) is 0 Å². The summed E-state index contributed by atoms with van der Waals surface area (Å²) in [5.74, 6) is 2.29. The third-order valence-electron chi connectivity index (χ3n) is 3.31. The summed E-state index contributed by atoms with van der Waals surface area (Å²) in [6, 6.07) is 6.35. The van der Waals surface area contributed by atoms with Gasteiger partial charge >= 0.3 is 0 Å². The monoisotopic (exact) mass is 273 g/mol. The minimum atomic E-state index is -0.0868. The Kier molecular flexibility index (Phi) is 3.22. The number of fused-ring (bicyclic) bond motifs is 1. The molecule has 2 heterocycles. The largest absolute Gasteiger partial charge is 0.487 e. The Morgan fingerprint density at radius 2 is 2.15 bits per heavy atom. The molecule has 106 valence electrons. The molecule has 0 aliphatic carbocycles. The number of hydrogen-bond acceptors (Lipinski definition) is 5. The first-order valence-corrected chi connectivity index (χ1v) is 6.83. The van der Waals surface area contributed by atoms with E-state index in [0.29, 0.717) is 18.3 Å². The number of rotatable bonds is 4. The molecule has 0 bridgehead atoms. The van der Waals surface area contributed by atoms with Gasteiger partial charge in [0.2, 0.25) is 5.89 Å². The van der Waals surface area contributed by atoms with E-state index >= 15 is 0 Å². The van der Waals surface area contributed by atoms with Gasteiger partial charge in [0, 0.05) is 19.9 Å². The molecule has 0 unspecified atom stereocenters. The first kappa shape index (κ1) is 13.1. The van der Waals surface area contributed by atoms with Gasteiger partial charge < -0.3 is 14.6 Å². The van der Waals surface area contributed by atoms with Crippen molar-refractivity contribution in [2.45, 2.75) is 45.9 Å². The van der Waals surface area contributed by atoms with Crippen molar-refractivity contribution in [2.75, 3.05) is 0 Å². The smallest absolute Gasteiger partial charge is 0.223 e. The molecule has 0 spiro atoms. The number of nitrogens with one attached hydrogen (secondary N) is 1. The lowest BCUT2D eigenvalue weighted by atomic mass is 10.0. The first-order valence-electron chi connectivity index (χ1n) is 6.83. The third kappa shape index (κ3) is 2.82. The Labute approximate surface area is 118 Å². The van der Waals surface area contributed by atoms with Crippen LogP contribution in [0, 0.1) is 6.92 Å². The Balaban J connectivity index is 1.59. The lowest BCUT2D eigenvalue weighted by Gasteiger charge is -2.16. The average molecular weight is 273 g/mol. The molecule has 1 aliphatic rings. The molecule has 0 saturated heterocycles. The highest BCUT2D eigenvalue weighted by atomic mass is 16.5. The molecule has 1 aromatic carbocycles. The van der Waals surface area contributed by atoms with Gasteiger partial charge in [-0.1, -0.05) is 17.3 Å². The summed E-state index contributed by atoms with van der Waals surface area (Å²) in [5.41, 5.74) is 2.44. The highest BCUT2D eigenvalue weighted by molar-refractivity contribution is 5.41. The molecule has 1 N–H and O–H groups in total. The van der Waals surface area contributed by atoms with Crippen LogP contribution >= 0.6 is 0 Å². The molecule has 0 radical (unpaired) electrons. The number of ether oxygens (including phenoxy) is 1. The van der Waals surface area contributed by atoms with E-state index in [1.165, 1.54) is 11.1 Å². The Bertz CT molecular complexity index is 619. The fourth-order valence-electron chi connectivity index (χ4n) is 2.50. The average Bonchev–Trinajstić information content (AvgIpc) is 2.90. The van der Waals surface area contributed by atoms with Crippen LogP contribution in [0.15, 0.2) is 22.7 Å². The molecule has 2 aromatic rings. The molecule has 0 amide bonds. The molecule has 3 rings (SSSR count). The second kappa shape index (κ2) is 4.90. The molecule has 20 heavy (non-hydrogen) atoms. The Hall–Kier alpha value is -1.88. The van der Waals surface area contributed by atoms with Crippen LogP contribution in [-0.2, 0) is 19.5 Å². The fraction of sp³-hybridized carbons (Fsp3) is 0.467. The second-order valence-electron chi connectivity index (χ2n) is 5.81. The van der Waals surface area contributed by atoms with Crippen LogP contribution in [0.5, 0.6) is 5.75 Å². The third-order valence-corrected chi connectivity index (χ3v) is 3.31. The van der Waals surface area contributed by atoms with Gasteiger partial charge in [-0.05, 0) is 31.0 Å². The molecular formula is C15H19N3O2. The van der Waals surface area contributed by atoms with E-state index in [0.717, 1.165) is 18.7 Å². The minimum absolute atomic E-state index is 0.0868. The molecule has 5 nitrogen and oxygen atoms in total. The summed E-state index contributed by atoms with van der Waals surface area (Å²) in [6.07, 6.45) is 0.959. The molecule has 0 saturated carbocycles. The summed E-state index contributed by atoms with van der Waals surface area (Å²) in [6.45, 7) is 7.41. The number of aryl methyl sites for hydroxylation is 1. The van der Waals surface area contributed by atoms with Crippen molar-refractivity contribution in [1.82, 2.24) is 15.5 Å². The number of aromatic nitrogens is 2. The lowest BCUT2D eigenvalue weighted by Crippen LogP contribution is -2.24. The zero-order valence-electron chi connectivity index (χ0n) is 12.1. The van der Waals surface area contributed by atoms with Gasteiger partial charge in [-0.25, -0.2) is 0 Å². The van der Waals surface area contributed by atoms with E-state index in [-0.39, 0.29) is 5.60 Å². The molecular weight excluding hydrogens is 254 g/mol. The maximum absolute atomic E-state index is 5.87. The van der Waals surface area contributed by atoms with Crippen LogP contribution in [0.1, 0.15) is 36.7 Å². The lowest BCUT2D eigenvalue weighted by molar-refractivity contribution is 0.138. The van der Waals surface area contributed by atoms with Gasteiger partial charge in [0.1, 0.15) is 11.4 Å². The van der Waals surface area contributed by atoms with Crippen molar-refractivity contribution < 1.29 is 9.26 Å². The first-order chi connectivity index (χ1) is 9.52. The highest BCUT2D eigenvalue weighted by Gasteiger charge is 2.29. The summed E-state index contributed by atoms with van der Waals surface area (Å²) >= 11 is 0. The van der Waals surface area contributed by atoms with E-state index in [1.54, 1.807) is 6.92 Å². The summed E-state index contributed by atoms with van der Waals surface area (Å²) in [7, 11) is 0. The number of nitrogens with zero attached hydrogens (tertiary/aromatic N) is 2. The number of hydrogen-bond donors (Lipinski definition) is 1. The minimum Gasteiger partial charge on any atom is -0.487 e.